The third-order valence-electron chi connectivity index (χ3n) is 5.49. The maximum Gasteiger partial charge on any atom is 0.416 e. The molecule has 1 heterocycles. The summed E-state index contributed by atoms with van der Waals surface area (Å²) in [4.78, 5) is 28.4. The van der Waals surface area contributed by atoms with Crippen molar-refractivity contribution < 1.29 is 41.4 Å². The quantitative estimate of drug-likeness (QED) is 0.441. The van der Waals surface area contributed by atoms with E-state index >= 15 is 0 Å². The van der Waals surface area contributed by atoms with Crippen molar-refractivity contribution in [1.82, 2.24) is 9.80 Å². The lowest BCUT2D eigenvalue weighted by Crippen LogP contribution is -2.57. The van der Waals surface area contributed by atoms with Gasteiger partial charge in [0.25, 0.3) is 0 Å². The molecule has 0 N–H and O–H groups in total. The monoisotopic (exact) mass is 526 g/mol. The molecule has 7 nitrogen and oxygen atoms in total. The predicted octanol–water partition coefficient (Wildman–Crippen LogP) is 5.87. The number of rotatable bonds is 6. The topological polar surface area (TPSA) is 68.3 Å². The Kier molecular flexibility index (Phi) is 8.88. The molecule has 2 aromatic rings. The minimum atomic E-state index is -4.72. The van der Waals surface area contributed by atoms with Gasteiger partial charge in [-0.2, -0.15) is 13.2 Å². The number of nitrogens with zero attached hydrogens (tertiary/aromatic N) is 2. The number of halogens is 4. The summed E-state index contributed by atoms with van der Waals surface area (Å²) >= 11 is 0. The molecule has 1 atom stereocenters. The van der Waals surface area contributed by atoms with Crippen LogP contribution in [0.1, 0.15) is 38.3 Å². The van der Waals surface area contributed by atoms with Gasteiger partial charge in [-0.05, 0) is 38.5 Å². The molecule has 1 aliphatic rings. The SMILES string of the molecule is CC(C)(C)OC(=O)N1CCN(C(=O)OCc2ccccc2)C[C@H]1CCOc1cc(F)cc(C(F)(F)F)c1. The van der Waals surface area contributed by atoms with E-state index in [-0.39, 0.29) is 45.0 Å². The summed E-state index contributed by atoms with van der Waals surface area (Å²) in [5.41, 5.74) is -1.09. The second kappa shape index (κ2) is 11.7. The van der Waals surface area contributed by atoms with Gasteiger partial charge in [-0.1, -0.05) is 30.3 Å². The van der Waals surface area contributed by atoms with Gasteiger partial charge in [0, 0.05) is 32.1 Å². The number of hydrogen-bond acceptors (Lipinski definition) is 5. The van der Waals surface area contributed by atoms with Gasteiger partial charge in [0.2, 0.25) is 0 Å². The van der Waals surface area contributed by atoms with Gasteiger partial charge in [-0.25, -0.2) is 14.0 Å². The summed E-state index contributed by atoms with van der Waals surface area (Å²) in [5, 5.41) is 0. The molecule has 2 aromatic carbocycles. The number of alkyl halides is 3. The fourth-order valence-corrected chi connectivity index (χ4v) is 3.76. The first-order valence-electron chi connectivity index (χ1n) is 11.8. The molecule has 3 rings (SSSR count). The van der Waals surface area contributed by atoms with Crippen LogP contribution in [0.3, 0.4) is 0 Å². The van der Waals surface area contributed by atoms with E-state index in [2.05, 4.69) is 0 Å². The van der Waals surface area contributed by atoms with Crippen LogP contribution >= 0.6 is 0 Å². The molecule has 0 aliphatic carbocycles. The van der Waals surface area contributed by atoms with Crippen molar-refractivity contribution >= 4 is 12.2 Å². The third-order valence-corrected chi connectivity index (χ3v) is 5.49. The molecule has 2 amide bonds. The Hall–Kier alpha value is -3.50. The zero-order valence-electron chi connectivity index (χ0n) is 20.9. The van der Waals surface area contributed by atoms with Crippen LogP contribution in [0.4, 0.5) is 27.2 Å². The summed E-state index contributed by atoms with van der Waals surface area (Å²) in [7, 11) is 0. The van der Waals surface area contributed by atoms with Gasteiger partial charge < -0.3 is 24.0 Å². The second-order valence-corrected chi connectivity index (χ2v) is 9.62. The number of hydrogen-bond donors (Lipinski definition) is 0. The lowest BCUT2D eigenvalue weighted by molar-refractivity contribution is -0.137. The molecule has 0 aromatic heterocycles. The first-order chi connectivity index (χ1) is 17.3. The van der Waals surface area contributed by atoms with Crippen LogP contribution < -0.4 is 4.74 Å². The zero-order chi connectivity index (χ0) is 27.2. The average Bonchev–Trinajstić information content (AvgIpc) is 2.81. The van der Waals surface area contributed by atoms with Crippen molar-refractivity contribution in [2.45, 2.75) is 51.6 Å². The largest absolute Gasteiger partial charge is 0.493 e. The van der Waals surface area contributed by atoms with E-state index in [9.17, 15) is 27.2 Å². The molecule has 1 saturated heterocycles. The van der Waals surface area contributed by atoms with Crippen LogP contribution in [0.5, 0.6) is 5.75 Å². The van der Waals surface area contributed by atoms with Crippen LogP contribution in [0.2, 0.25) is 0 Å². The Morgan fingerprint density at radius 3 is 2.35 bits per heavy atom. The normalized spacial score (nSPS) is 16.4. The Bertz CT molecular complexity index is 1070. The van der Waals surface area contributed by atoms with E-state index in [0.717, 1.165) is 11.6 Å². The van der Waals surface area contributed by atoms with Crippen LogP contribution in [-0.2, 0) is 22.3 Å². The van der Waals surface area contributed by atoms with Crippen molar-refractivity contribution in [3.63, 3.8) is 0 Å². The molecule has 37 heavy (non-hydrogen) atoms. The van der Waals surface area contributed by atoms with Crippen LogP contribution in [-0.4, -0.2) is 59.9 Å². The maximum atomic E-state index is 13.7. The van der Waals surface area contributed by atoms with E-state index < -0.39 is 41.4 Å². The smallest absolute Gasteiger partial charge is 0.416 e. The summed E-state index contributed by atoms with van der Waals surface area (Å²) < 4.78 is 69.0. The van der Waals surface area contributed by atoms with Crippen molar-refractivity contribution in [1.29, 1.82) is 0 Å². The first kappa shape index (κ1) is 28.1. The Morgan fingerprint density at radius 1 is 1.00 bits per heavy atom. The average molecular weight is 527 g/mol. The van der Waals surface area contributed by atoms with Gasteiger partial charge in [-0.3, -0.25) is 0 Å². The van der Waals surface area contributed by atoms with Crippen LogP contribution in [0.15, 0.2) is 48.5 Å². The Morgan fingerprint density at radius 2 is 1.70 bits per heavy atom. The highest BCUT2D eigenvalue weighted by Gasteiger charge is 2.36. The molecule has 0 unspecified atom stereocenters. The second-order valence-electron chi connectivity index (χ2n) is 9.62. The van der Waals surface area contributed by atoms with Crippen molar-refractivity contribution in [3.05, 3.63) is 65.5 Å². The highest BCUT2D eigenvalue weighted by atomic mass is 19.4. The molecule has 0 bridgehead atoms. The van der Waals surface area contributed by atoms with E-state index in [4.69, 9.17) is 14.2 Å². The Balaban J connectivity index is 1.66. The molecule has 11 heteroatoms. The number of piperazine rings is 1. The lowest BCUT2D eigenvalue weighted by atomic mass is 10.1. The lowest BCUT2D eigenvalue weighted by Gasteiger charge is -2.41. The van der Waals surface area contributed by atoms with Crippen molar-refractivity contribution in [3.8, 4) is 5.75 Å². The molecule has 1 fully saturated rings. The fourth-order valence-electron chi connectivity index (χ4n) is 3.76. The Labute approximate surface area is 212 Å². The summed E-state index contributed by atoms with van der Waals surface area (Å²) in [5.74, 6) is -1.36. The minimum Gasteiger partial charge on any atom is -0.493 e. The summed E-state index contributed by atoms with van der Waals surface area (Å²) in [6, 6.07) is 10.5. The molecule has 1 aliphatic heterocycles. The van der Waals surface area contributed by atoms with Gasteiger partial charge in [0.15, 0.2) is 0 Å². The minimum absolute atomic E-state index is 0.0842. The third kappa shape index (κ3) is 8.54. The number of carbonyl (C=O) groups is 2. The van der Waals surface area contributed by atoms with Gasteiger partial charge >= 0.3 is 18.4 Å². The molecular formula is C26H30F4N2O5. The predicted molar refractivity (Wildman–Crippen MR) is 126 cm³/mol. The number of carbonyl (C=O) groups excluding carboxylic acids is 2. The van der Waals surface area contributed by atoms with Gasteiger partial charge in [0.05, 0.1) is 18.2 Å². The van der Waals surface area contributed by atoms with Crippen molar-refractivity contribution in [2.75, 3.05) is 26.2 Å². The summed E-state index contributed by atoms with van der Waals surface area (Å²) in [6.45, 7) is 5.61. The van der Waals surface area contributed by atoms with E-state index in [0.29, 0.717) is 12.1 Å². The fraction of sp³-hybridized carbons (Fsp3) is 0.462. The molecular weight excluding hydrogens is 496 g/mol. The number of ether oxygens (including phenoxy) is 3. The van der Waals surface area contributed by atoms with Crippen LogP contribution in [0.25, 0.3) is 0 Å². The zero-order valence-corrected chi connectivity index (χ0v) is 20.9. The standard InChI is InChI=1S/C26H30F4N2O5/c1-25(2,3)37-24(34)32-11-10-31(23(33)36-17-18-7-5-4-6-8-18)16-21(32)9-12-35-22-14-19(26(28,29)30)13-20(27)15-22/h4-8,13-15,21H,9-12,16-17H2,1-3H3/t21-/m1/s1. The highest BCUT2D eigenvalue weighted by molar-refractivity contribution is 5.71. The molecule has 0 saturated carbocycles. The maximum absolute atomic E-state index is 13.7. The van der Waals surface area contributed by atoms with E-state index in [1.165, 1.54) is 9.80 Å². The van der Waals surface area contributed by atoms with Gasteiger partial charge in [-0.15, -0.1) is 0 Å². The first-order valence-corrected chi connectivity index (χ1v) is 11.8. The molecule has 0 radical (unpaired) electrons. The van der Waals surface area contributed by atoms with Gasteiger partial charge in [0.1, 0.15) is 23.8 Å². The number of benzene rings is 2. The van der Waals surface area contributed by atoms with Crippen molar-refractivity contribution in [2.24, 2.45) is 0 Å². The van der Waals surface area contributed by atoms with E-state index in [1.54, 1.807) is 20.8 Å². The number of amides is 2. The van der Waals surface area contributed by atoms with E-state index in [1.807, 2.05) is 30.3 Å². The summed E-state index contributed by atoms with van der Waals surface area (Å²) in [6.07, 6.45) is -5.71. The molecule has 202 valence electrons. The van der Waals surface area contributed by atoms with Crippen LogP contribution in [0, 0.1) is 5.82 Å². The molecule has 0 spiro atoms. The highest BCUT2D eigenvalue weighted by Crippen LogP contribution is 2.32.